The molecule has 3 rings (SSSR count). The van der Waals surface area contributed by atoms with Crippen molar-refractivity contribution in [1.29, 1.82) is 0 Å². The number of primary sulfonamides is 1. The second-order valence-corrected chi connectivity index (χ2v) is 8.29. The first-order valence-electron chi connectivity index (χ1n) is 9.26. The molecular weight excluding hydrogens is 380 g/mol. The summed E-state index contributed by atoms with van der Waals surface area (Å²) in [5.74, 6) is -0.416. The van der Waals surface area contributed by atoms with Crippen LogP contribution in [0.3, 0.4) is 0 Å². The molecule has 28 heavy (non-hydrogen) atoms. The zero-order valence-electron chi connectivity index (χ0n) is 15.7. The van der Waals surface area contributed by atoms with E-state index in [1.807, 2.05) is 30.0 Å². The second kappa shape index (κ2) is 8.20. The summed E-state index contributed by atoms with van der Waals surface area (Å²) in [4.78, 5) is 13.6. The van der Waals surface area contributed by atoms with Crippen LogP contribution in [0.4, 0.5) is 5.69 Å². The zero-order chi connectivity index (χ0) is 20.3. The Morgan fingerprint density at radius 2 is 1.86 bits per heavy atom. The van der Waals surface area contributed by atoms with E-state index in [0.717, 1.165) is 25.9 Å². The Balaban J connectivity index is 2.32. The van der Waals surface area contributed by atoms with Gasteiger partial charge in [0, 0.05) is 18.7 Å². The van der Waals surface area contributed by atoms with E-state index in [4.69, 9.17) is 9.88 Å². The first kappa shape index (κ1) is 20.2. The third kappa shape index (κ3) is 4.13. The van der Waals surface area contributed by atoms with Gasteiger partial charge >= 0.3 is 5.97 Å². The lowest BCUT2D eigenvalue weighted by atomic mass is 10.0. The van der Waals surface area contributed by atoms with Gasteiger partial charge in [0.05, 0.1) is 11.3 Å². The van der Waals surface area contributed by atoms with Gasteiger partial charge < -0.3 is 14.7 Å². The van der Waals surface area contributed by atoms with Gasteiger partial charge in [-0.3, -0.25) is 0 Å². The first-order valence-corrected chi connectivity index (χ1v) is 10.8. The molecule has 0 unspecified atom stereocenters. The van der Waals surface area contributed by atoms with Crippen LogP contribution >= 0.6 is 0 Å². The van der Waals surface area contributed by atoms with Crippen LogP contribution in [-0.4, -0.2) is 32.6 Å². The fourth-order valence-electron chi connectivity index (χ4n) is 3.56. The molecule has 3 N–H and O–H groups in total. The Bertz CT molecular complexity index is 968. The highest BCUT2D eigenvalue weighted by molar-refractivity contribution is 7.89. The Labute approximate surface area is 164 Å². The van der Waals surface area contributed by atoms with E-state index in [1.54, 1.807) is 12.1 Å². The lowest BCUT2D eigenvalue weighted by molar-refractivity contribution is 0.0692. The molecule has 1 aliphatic heterocycles. The topological polar surface area (TPSA) is 110 Å². The van der Waals surface area contributed by atoms with Gasteiger partial charge in [-0.1, -0.05) is 31.5 Å². The molecule has 0 spiro atoms. The normalized spacial score (nSPS) is 14.3. The average Bonchev–Trinajstić information content (AvgIpc) is 3.17. The van der Waals surface area contributed by atoms with Crippen LogP contribution in [0.5, 0.6) is 11.5 Å². The SMILES string of the molecule is CCCc1c(Oc2ccccc2)c(N2CCCC2)cc(C(=O)O)c1S(N)(=O)=O. The number of carboxylic acids is 1. The fraction of sp³-hybridized carbons (Fsp3) is 0.350. The third-order valence-corrected chi connectivity index (χ3v) is 5.77. The molecule has 0 radical (unpaired) electrons. The van der Waals surface area contributed by atoms with Gasteiger partial charge in [0.1, 0.15) is 10.6 Å². The zero-order valence-corrected chi connectivity index (χ0v) is 16.5. The molecule has 1 fully saturated rings. The van der Waals surface area contributed by atoms with Crippen molar-refractivity contribution in [2.24, 2.45) is 5.14 Å². The van der Waals surface area contributed by atoms with Crippen LogP contribution in [0.1, 0.15) is 42.1 Å². The number of sulfonamides is 1. The number of carbonyl (C=O) groups is 1. The molecule has 150 valence electrons. The minimum atomic E-state index is -4.27. The largest absolute Gasteiger partial charge is 0.478 e. The maximum absolute atomic E-state index is 12.3. The van der Waals surface area contributed by atoms with E-state index < -0.39 is 16.0 Å². The van der Waals surface area contributed by atoms with Crippen LogP contribution in [-0.2, 0) is 16.4 Å². The Hall–Kier alpha value is -2.58. The molecule has 2 aromatic carbocycles. The summed E-state index contributed by atoms with van der Waals surface area (Å²) in [5, 5.41) is 15.1. The predicted octanol–water partition coefficient (Wildman–Crippen LogP) is 3.38. The van der Waals surface area contributed by atoms with E-state index in [2.05, 4.69) is 0 Å². The number of benzene rings is 2. The van der Waals surface area contributed by atoms with E-state index >= 15 is 0 Å². The molecule has 0 atom stereocenters. The molecule has 1 heterocycles. The molecule has 7 nitrogen and oxygen atoms in total. The Kier molecular flexibility index (Phi) is 5.90. The minimum Gasteiger partial charge on any atom is -0.478 e. The molecule has 0 aliphatic carbocycles. The van der Waals surface area contributed by atoms with Crippen molar-refractivity contribution < 1.29 is 23.1 Å². The van der Waals surface area contributed by atoms with Crippen molar-refractivity contribution in [3.8, 4) is 11.5 Å². The number of rotatable bonds is 7. The molecule has 1 aliphatic rings. The third-order valence-electron chi connectivity index (χ3n) is 4.73. The highest BCUT2D eigenvalue weighted by atomic mass is 32.2. The monoisotopic (exact) mass is 404 g/mol. The first-order chi connectivity index (χ1) is 13.3. The van der Waals surface area contributed by atoms with Crippen LogP contribution in [0.15, 0.2) is 41.3 Å². The minimum absolute atomic E-state index is 0.312. The summed E-state index contributed by atoms with van der Waals surface area (Å²) in [6, 6.07) is 10.4. The number of nitrogens with two attached hydrogens (primary N) is 1. The Morgan fingerprint density at radius 3 is 2.39 bits per heavy atom. The molecule has 2 aromatic rings. The number of aromatic carboxylic acids is 1. The van der Waals surface area contributed by atoms with E-state index in [-0.39, 0.29) is 10.5 Å². The maximum atomic E-state index is 12.3. The molecule has 8 heteroatoms. The van der Waals surface area contributed by atoms with Crippen molar-refractivity contribution in [3.05, 3.63) is 47.5 Å². The number of ether oxygens (including phenoxy) is 1. The van der Waals surface area contributed by atoms with Gasteiger partial charge in [0.25, 0.3) is 0 Å². The lowest BCUT2D eigenvalue weighted by Gasteiger charge is -2.26. The van der Waals surface area contributed by atoms with E-state index in [0.29, 0.717) is 35.6 Å². The van der Waals surface area contributed by atoms with Gasteiger partial charge in [-0.2, -0.15) is 0 Å². The van der Waals surface area contributed by atoms with Crippen LogP contribution in [0.2, 0.25) is 0 Å². The van der Waals surface area contributed by atoms with Gasteiger partial charge in [-0.25, -0.2) is 18.4 Å². The van der Waals surface area contributed by atoms with Crippen molar-refractivity contribution >= 4 is 21.7 Å². The second-order valence-electron chi connectivity index (χ2n) is 6.79. The van der Waals surface area contributed by atoms with Gasteiger partial charge in [-0.05, 0) is 37.5 Å². The fourth-order valence-corrected chi connectivity index (χ4v) is 4.55. The quantitative estimate of drug-likeness (QED) is 0.732. The number of nitrogens with zero attached hydrogens (tertiary/aromatic N) is 1. The predicted molar refractivity (Wildman–Crippen MR) is 107 cm³/mol. The summed E-state index contributed by atoms with van der Waals surface area (Å²) in [5.41, 5.74) is 0.596. The van der Waals surface area contributed by atoms with Gasteiger partial charge in [0.15, 0.2) is 5.75 Å². The summed E-state index contributed by atoms with van der Waals surface area (Å²) < 4.78 is 30.8. The summed E-state index contributed by atoms with van der Waals surface area (Å²) >= 11 is 0. The van der Waals surface area contributed by atoms with Gasteiger partial charge in [-0.15, -0.1) is 0 Å². The highest BCUT2D eigenvalue weighted by Gasteiger charge is 2.31. The average molecular weight is 404 g/mol. The maximum Gasteiger partial charge on any atom is 0.337 e. The molecule has 0 bridgehead atoms. The van der Waals surface area contributed by atoms with Crippen LogP contribution in [0, 0.1) is 0 Å². The smallest absolute Gasteiger partial charge is 0.337 e. The Morgan fingerprint density at radius 1 is 1.21 bits per heavy atom. The summed E-state index contributed by atoms with van der Waals surface area (Å²) in [7, 11) is -4.27. The van der Waals surface area contributed by atoms with Crippen LogP contribution < -0.4 is 14.8 Å². The summed E-state index contributed by atoms with van der Waals surface area (Å²) in [6.07, 6.45) is 2.90. The van der Waals surface area contributed by atoms with E-state index in [9.17, 15) is 18.3 Å². The van der Waals surface area contributed by atoms with Gasteiger partial charge in [0.2, 0.25) is 10.0 Å². The number of hydrogen-bond donors (Lipinski definition) is 2. The highest BCUT2D eigenvalue weighted by Crippen LogP contribution is 2.42. The van der Waals surface area contributed by atoms with Crippen molar-refractivity contribution in [2.45, 2.75) is 37.5 Å². The molecule has 0 aromatic heterocycles. The molecule has 0 saturated carbocycles. The lowest BCUT2D eigenvalue weighted by Crippen LogP contribution is -2.24. The number of para-hydroxylation sites is 1. The molecule has 1 saturated heterocycles. The van der Waals surface area contributed by atoms with Crippen molar-refractivity contribution in [1.82, 2.24) is 0 Å². The van der Waals surface area contributed by atoms with Crippen LogP contribution in [0.25, 0.3) is 0 Å². The van der Waals surface area contributed by atoms with Crippen molar-refractivity contribution in [2.75, 3.05) is 18.0 Å². The molecular formula is C20H24N2O5S. The van der Waals surface area contributed by atoms with Crippen molar-refractivity contribution in [3.63, 3.8) is 0 Å². The number of carboxylic acid groups (broad SMARTS) is 1. The number of hydrogen-bond acceptors (Lipinski definition) is 5. The number of anilines is 1. The van der Waals surface area contributed by atoms with E-state index in [1.165, 1.54) is 6.07 Å². The molecule has 0 amide bonds. The summed E-state index contributed by atoms with van der Waals surface area (Å²) in [6.45, 7) is 3.40. The standard InChI is InChI=1S/C20H24N2O5S/c1-2-8-15-18(27-14-9-4-3-5-10-14)17(22-11-6-7-12-22)13-16(20(23)24)19(15)28(21,25)26/h3-5,9-10,13H,2,6-8,11-12H2,1H3,(H,23,24)(H2,21,25,26).